The molecule has 100 valence electrons. The number of guanidine groups is 1. The van der Waals surface area contributed by atoms with Crippen LogP contribution in [0.4, 0.5) is 0 Å². The van der Waals surface area contributed by atoms with Gasteiger partial charge in [-0.2, -0.15) is 0 Å². The molecule has 1 aliphatic rings. The van der Waals surface area contributed by atoms with Crippen LogP contribution in [0.5, 0.6) is 0 Å². The molecule has 0 amide bonds. The fourth-order valence-corrected chi connectivity index (χ4v) is 2.33. The zero-order chi connectivity index (χ0) is 12.7. The number of sulfone groups is 1. The Kier molecular flexibility index (Phi) is 5.74. The lowest BCUT2D eigenvalue weighted by Crippen LogP contribution is -2.42. The van der Waals surface area contributed by atoms with E-state index < -0.39 is 9.84 Å². The maximum absolute atomic E-state index is 11.0. The highest BCUT2D eigenvalue weighted by molar-refractivity contribution is 7.90. The predicted octanol–water partition coefficient (Wildman–Crippen LogP) is 0.529. The van der Waals surface area contributed by atoms with Crippen LogP contribution in [0.15, 0.2) is 4.99 Å². The highest BCUT2D eigenvalue weighted by Crippen LogP contribution is 2.17. The summed E-state index contributed by atoms with van der Waals surface area (Å²) in [6.07, 6.45) is 6.12. The Morgan fingerprint density at radius 2 is 2.00 bits per heavy atom. The number of rotatable bonds is 5. The van der Waals surface area contributed by atoms with Crippen LogP contribution in [0.1, 0.15) is 32.6 Å². The van der Waals surface area contributed by atoms with Crippen molar-refractivity contribution in [2.75, 3.05) is 25.1 Å². The zero-order valence-electron chi connectivity index (χ0n) is 10.7. The van der Waals surface area contributed by atoms with E-state index in [1.54, 1.807) is 0 Å². The van der Waals surface area contributed by atoms with Crippen molar-refractivity contribution < 1.29 is 8.42 Å². The lowest BCUT2D eigenvalue weighted by Gasteiger charge is -2.16. The first-order valence-electron chi connectivity index (χ1n) is 6.24. The predicted molar refractivity (Wildman–Crippen MR) is 71.1 cm³/mol. The number of hydrogen-bond acceptors (Lipinski definition) is 3. The molecule has 0 spiro atoms. The monoisotopic (exact) mass is 261 g/mol. The molecule has 0 heterocycles. The van der Waals surface area contributed by atoms with Crippen LogP contribution < -0.4 is 10.6 Å². The summed E-state index contributed by atoms with van der Waals surface area (Å²) in [6, 6.07) is 0.492. The summed E-state index contributed by atoms with van der Waals surface area (Å²) in [5.74, 6) is 0.844. The van der Waals surface area contributed by atoms with Gasteiger partial charge in [-0.05, 0) is 19.8 Å². The second kappa shape index (κ2) is 6.83. The summed E-state index contributed by atoms with van der Waals surface area (Å²) >= 11 is 0. The van der Waals surface area contributed by atoms with E-state index in [-0.39, 0.29) is 5.75 Å². The molecule has 1 rings (SSSR count). The second-order valence-electron chi connectivity index (χ2n) is 4.52. The van der Waals surface area contributed by atoms with E-state index in [1.807, 2.05) is 6.92 Å². The molecule has 0 aromatic rings. The van der Waals surface area contributed by atoms with Gasteiger partial charge in [-0.3, -0.25) is 4.99 Å². The summed E-state index contributed by atoms with van der Waals surface area (Å²) < 4.78 is 22.0. The van der Waals surface area contributed by atoms with Crippen LogP contribution in [-0.4, -0.2) is 45.5 Å². The molecular weight excluding hydrogens is 238 g/mol. The molecule has 0 unspecified atom stereocenters. The topological polar surface area (TPSA) is 70.6 Å². The SMILES string of the molecule is CCNC(=NCCS(C)(=O)=O)NC1CCCC1. The fourth-order valence-electron chi connectivity index (χ4n) is 1.91. The van der Waals surface area contributed by atoms with Crippen LogP contribution >= 0.6 is 0 Å². The Bertz CT molecular complexity index is 346. The lowest BCUT2D eigenvalue weighted by molar-refractivity contribution is 0.600. The Morgan fingerprint density at radius 3 is 2.53 bits per heavy atom. The van der Waals surface area contributed by atoms with Crippen molar-refractivity contribution in [2.24, 2.45) is 4.99 Å². The second-order valence-corrected chi connectivity index (χ2v) is 6.78. The standard InChI is InChI=1S/C11H23N3O2S/c1-3-12-11(13-8-9-17(2,15)16)14-10-6-4-5-7-10/h10H,3-9H2,1-2H3,(H2,12,13,14). The molecule has 1 fully saturated rings. The summed E-state index contributed by atoms with van der Waals surface area (Å²) in [4.78, 5) is 4.28. The molecule has 6 heteroatoms. The number of nitrogens with zero attached hydrogens (tertiary/aromatic N) is 1. The smallest absolute Gasteiger partial charge is 0.191 e. The van der Waals surface area contributed by atoms with Gasteiger partial charge in [0, 0.05) is 18.8 Å². The van der Waals surface area contributed by atoms with Gasteiger partial charge in [0.15, 0.2) is 5.96 Å². The van der Waals surface area contributed by atoms with Gasteiger partial charge in [0.05, 0.1) is 12.3 Å². The normalized spacial score (nSPS) is 18.4. The van der Waals surface area contributed by atoms with E-state index in [2.05, 4.69) is 15.6 Å². The first kappa shape index (κ1) is 14.3. The maximum Gasteiger partial charge on any atom is 0.191 e. The summed E-state index contributed by atoms with van der Waals surface area (Å²) in [5.41, 5.74) is 0. The Hall–Kier alpha value is -0.780. The van der Waals surface area contributed by atoms with Crippen molar-refractivity contribution in [2.45, 2.75) is 38.6 Å². The molecular formula is C11H23N3O2S. The van der Waals surface area contributed by atoms with Gasteiger partial charge in [-0.1, -0.05) is 12.8 Å². The van der Waals surface area contributed by atoms with E-state index in [0.717, 1.165) is 12.5 Å². The van der Waals surface area contributed by atoms with E-state index in [9.17, 15) is 8.42 Å². The highest BCUT2D eigenvalue weighted by atomic mass is 32.2. The quantitative estimate of drug-likeness (QED) is 0.559. The number of hydrogen-bond donors (Lipinski definition) is 2. The van der Waals surface area contributed by atoms with Gasteiger partial charge in [0.25, 0.3) is 0 Å². The third-order valence-corrected chi connectivity index (χ3v) is 3.70. The Morgan fingerprint density at radius 1 is 1.35 bits per heavy atom. The minimum Gasteiger partial charge on any atom is -0.357 e. The van der Waals surface area contributed by atoms with Crippen molar-refractivity contribution in [3.05, 3.63) is 0 Å². The van der Waals surface area contributed by atoms with E-state index in [1.165, 1.54) is 31.9 Å². The van der Waals surface area contributed by atoms with Crippen LogP contribution in [0.25, 0.3) is 0 Å². The molecule has 1 aliphatic carbocycles. The highest BCUT2D eigenvalue weighted by Gasteiger charge is 2.15. The van der Waals surface area contributed by atoms with Crippen molar-refractivity contribution >= 4 is 15.8 Å². The van der Waals surface area contributed by atoms with Gasteiger partial charge in [-0.25, -0.2) is 8.42 Å². The van der Waals surface area contributed by atoms with Crippen LogP contribution in [-0.2, 0) is 9.84 Å². The molecule has 0 radical (unpaired) electrons. The summed E-state index contributed by atoms with van der Waals surface area (Å²) in [5, 5.41) is 6.49. The molecule has 17 heavy (non-hydrogen) atoms. The van der Waals surface area contributed by atoms with Crippen molar-refractivity contribution in [3.8, 4) is 0 Å². The van der Waals surface area contributed by atoms with Crippen molar-refractivity contribution in [3.63, 3.8) is 0 Å². The van der Waals surface area contributed by atoms with E-state index in [0.29, 0.717) is 12.6 Å². The summed E-state index contributed by atoms with van der Waals surface area (Å²) in [6.45, 7) is 3.11. The maximum atomic E-state index is 11.0. The minimum absolute atomic E-state index is 0.105. The Balaban J connectivity index is 2.42. The fraction of sp³-hybridized carbons (Fsp3) is 0.909. The van der Waals surface area contributed by atoms with E-state index in [4.69, 9.17) is 0 Å². The van der Waals surface area contributed by atoms with Crippen molar-refractivity contribution in [1.29, 1.82) is 0 Å². The van der Waals surface area contributed by atoms with Gasteiger partial charge in [0.1, 0.15) is 9.84 Å². The van der Waals surface area contributed by atoms with Crippen LogP contribution in [0.3, 0.4) is 0 Å². The summed E-state index contributed by atoms with van der Waals surface area (Å²) in [7, 11) is -2.92. The third kappa shape index (κ3) is 6.51. The van der Waals surface area contributed by atoms with E-state index >= 15 is 0 Å². The molecule has 0 bridgehead atoms. The molecule has 0 aromatic heterocycles. The largest absolute Gasteiger partial charge is 0.357 e. The molecule has 2 N–H and O–H groups in total. The molecule has 0 atom stereocenters. The molecule has 0 aromatic carbocycles. The van der Waals surface area contributed by atoms with Gasteiger partial charge in [-0.15, -0.1) is 0 Å². The lowest BCUT2D eigenvalue weighted by atomic mass is 10.2. The van der Waals surface area contributed by atoms with Gasteiger partial charge < -0.3 is 10.6 Å². The molecule has 1 saturated carbocycles. The minimum atomic E-state index is -2.92. The average Bonchev–Trinajstić information content (AvgIpc) is 2.68. The van der Waals surface area contributed by atoms with Crippen LogP contribution in [0.2, 0.25) is 0 Å². The zero-order valence-corrected chi connectivity index (χ0v) is 11.5. The first-order valence-corrected chi connectivity index (χ1v) is 8.30. The van der Waals surface area contributed by atoms with Crippen LogP contribution in [0, 0.1) is 0 Å². The average molecular weight is 261 g/mol. The molecule has 0 saturated heterocycles. The molecule has 0 aliphatic heterocycles. The van der Waals surface area contributed by atoms with Gasteiger partial charge in [0.2, 0.25) is 0 Å². The van der Waals surface area contributed by atoms with Gasteiger partial charge >= 0.3 is 0 Å². The number of nitrogens with one attached hydrogen (secondary N) is 2. The first-order chi connectivity index (χ1) is 8.01. The third-order valence-electron chi connectivity index (χ3n) is 2.77. The molecule has 5 nitrogen and oxygen atoms in total. The number of aliphatic imine (C=N–C) groups is 1. The van der Waals surface area contributed by atoms with Crippen molar-refractivity contribution in [1.82, 2.24) is 10.6 Å². The Labute approximate surface area is 104 Å².